The zero-order valence-electron chi connectivity index (χ0n) is 21.7. The van der Waals surface area contributed by atoms with Gasteiger partial charge in [-0.1, -0.05) is 18.2 Å². The third kappa shape index (κ3) is 5.46. The Kier molecular flexibility index (Phi) is 7.41. The zero-order valence-corrected chi connectivity index (χ0v) is 21.7. The summed E-state index contributed by atoms with van der Waals surface area (Å²) in [6, 6.07) is 16.2. The van der Waals surface area contributed by atoms with Gasteiger partial charge in [-0.05, 0) is 42.0 Å². The summed E-state index contributed by atoms with van der Waals surface area (Å²) in [5, 5.41) is 13.1. The van der Waals surface area contributed by atoms with Crippen LogP contribution in [0.1, 0.15) is 21.5 Å². The summed E-state index contributed by atoms with van der Waals surface area (Å²) in [6.45, 7) is -0.420. The van der Waals surface area contributed by atoms with E-state index in [-0.39, 0.29) is 29.5 Å². The van der Waals surface area contributed by atoms with E-state index in [1.807, 2.05) is 24.3 Å². The number of aliphatic carboxylic acids is 1. The Morgan fingerprint density at radius 2 is 1.85 bits per heavy atom. The molecular weight excluding hydrogens is 516 g/mol. The molecule has 0 saturated heterocycles. The molecule has 0 saturated carbocycles. The van der Waals surface area contributed by atoms with E-state index >= 15 is 0 Å². The summed E-state index contributed by atoms with van der Waals surface area (Å²) in [6.07, 6.45) is 3.42. The lowest BCUT2D eigenvalue weighted by Gasteiger charge is -2.15. The molecular formula is C30H26N2O8. The second-order valence-electron chi connectivity index (χ2n) is 9.02. The Hall–Kier alpha value is -5.25. The van der Waals surface area contributed by atoms with E-state index < -0.39 is 24.5 Å². The summed E-state index contributed by atoms with van der Waals surface area (Å²) >= 11 is 0. The molecule has 0 unspecified atom stereocenters. The fourth-order valence-corrected chi connectivity index (χ4v) is 4.44. The van der Waals surface area contributed by atoms with Gasteiger partial charge in [0.2, 0.25) is 5.78 Å². The van der Waals surface area contributed by atoms with E-state index in [0.717, 1.165) is 16.5 Å². The molecule has 0 aliphatic carbocycles. The monoisotopic (exact) mass is 542 g/mol. The first-order valence-electron chi connectivity index (χ1n) is 12.4. The number of Topliss-reactive ketones (excluding diaryl/α,β-unsaturated/α-hetero) is 1. The number of hydrogen-bond donors (Lipinski definition) is 3. The molecule has 4 aromatic rings. The molecule has 1 aromatic heterocycles. The van der Waals surface area contributed by atoms with Crippen LogP contribution in [0.25, 0.3) is 17.0 Å². The number of rotatable bonds is 10. The molecule has 40 heavy (non-hydrogen) atoms. The number of methoxy groups -OCH3 is 2. The Labute approximate surface area is 229 Å². The molecule has 1 aliphatic heterocycles. The van der Waals surface area contributed by atoms with Gasteiger partial charge in [0, 0.05) is 41.2 Å². The number of amides is 1. The van der Waals surface area contributed by atoms with Gasteiger partial charge in [0.05, 0.1) is 19.8 Å². The van der Waals surface area contributed by atoms with Crippen molar-refractivity contribution in [2.75, 3.05) is 20.8 Å². The maximum absolute atomic E-state index is 12.9. The molecule has 0 fully saturated rings. The average Bonchev–Trinajstić information content (AvgIpc) is 3.51. The van der Waals surface area contributed by atoms with Crippen LogP contribution in [-0.2, 0) is 16.0 Å². The quantitative estimate of drug-likeness (QED) is 0.256. The molecule has 1 aliphatic rings. The number of carbonyl (C=O) groups excluding carboxylic acids is 2. The highest BCUT2D eigenvalue weighted by Crippen LogP contribution is 2.36. The number of aromatic nitrogens is 1. The molecule has 0 spiro atoms. The highest BCUT2D eigenvalue weighted by atomic mass is 16.5. The third-order valence-electron chi connectivity index (χ3n) is 6.47. The Morgan fingerprint density at radius 3 is 2.62 bits per heavy atom. The van der Waals surface area contributed by atoms with Gasteiger partial charge in [-0.2, -0.15) is 0 Å². The third-order valence-corrected chi connectivity index (χ3v) is 6.47. The number of ether oxygens (including phenoxy) is 4. The van der Waals surface area contributed by atoms with Crippen LogP contribution in [0.15, 0.2) is 72.6 Å². The molecule has 10 heteroatoms. The predicted octanol–water partition coefficient (Wildman–Crippen LogP) is 3.99. The van der Waals surface area contributed by atoms with Gasteiger partial charge < -0.3 is 34.4 Å². The molecule has 204 valence electrons. The van der Waals surface area contributed by atoms with Crippen molar-refractivity contribution in [3.63, 3.8) is 0 Å². The SMILES string of the molecule is COc1ccc(C=C2Oc3cc(OCC(=O)N[C@H](Cc4c[nH]c5ccccc45)C(=O)O)ccc3C2=O)c(OC)c1. The number of para-hydroxylation sites is 1. The van der Waals surface area contributed by atoms with Gasteiger partial charge in [-0.15, -0.1) is 0 Å². The van der Waals surface area contributed by atoms with Crippen LogP contribution in [0.5, 0.6) is 23.0 Å². The second-order valence-corrected chi connectivity index (χ2v) is 9.02. The average molecular weight is 543 g/mol. The molecule has 0 radical (unpaired) electrons. The van der Waals surface area contributed by atoms with Gasteiger partial charge in [0.15, 0.2) is 12.4 Å². The Balaban J connectivity index is 1.23. The van der Waals surface area contributed by atoms with Crippen LogP contribution in [0.3, 0.4) is 0 Å². The van der Waals surface area contributed by atoms with Crippen LogP contribution >= 0.6 is 0 Å². The van der Waals surface area contributed by atoms with Gasteiger partial charge in [-0.3, -0.25) is 9.59 Å². The number of benzene rings is 3. The van der Waals surface area contributed by atoms with Crippen molar-refractivity contribution < 1.29 is 38.4 Å². The molecule has 1 amide bonds. The van der Waals surface area contributed by atoms with Crippen molar-refractivity contribution in [3.05, 3.63) is 89.3 Å². The number of allylic oxidation sites excluding steroid dienone is 1. The number of nitrogens with one attached hydrogen (secondary N) is 2. The topological polar surface area (TPSA) is 136 Å². The van der Waals surface area contributed by atoms with Crippen LogP contribution in [0.4, 0.5) is 0 Å². The van der Waals surface area contributed by atoms with Gasteiger partial charge in [-0.25, -0.2) is 4.79 Å². The lowest BCUT2D eigenvalue weighted by Crippen LogP contribution is -2.44. The highest BCUT2D eigenvalue weighted by molar-refractivity contribution is 6.14. The lowest BCUT2D eigenvalue weighted by molar-refractivity contribution is -0.142. The van der Waals surface area contributed by atoms with Crippen LogP contribution in [0.2, 0.25) is 0 Å². The van der Waals surface area contributed by atoms with E-state index in [4.69, 9.17) is 18.9 Å². The van der Waals surface area contributed by atoms with Crippen molar-refractivity contribution in [1.82, 2.24) is 10.3 Å². The molecule has 10 nitrogen and oxygen atoms in total. The minimum absolute atomic E-state index is 0.105. The van der Waals surface area contributed by atoms with Crippen molar-refractivity contribution in [2.45, 2.75) is 12.5 Å². The maximum Gasteiger partial charge on any atom is 0.326 e. The number of aromatic amines is 1. The zero-order chi connectivity index (χ0) is 28.2. The van der Waals surface area contributed by atoms with E-state index in [2.05, 4.69) is 10.3 Å². The molecule has 3 aromatic carbocycles. The van der Waals surface area contributed by atoms with Gasteiger partial charge in [0.1, 0.15) is 29.0 Å². The van der Waals surface area contributed by atoms with Gasteiger partial charge >= 0.3 is 5.97 Å². The lowest BCUT2D eigenvalue weighted by atomic mass is 10.1. The number of carboxylic acids is 1. The summed E-state index contributed by atoms with van der Waals surface area (Å²) < 4.78 is 21.9. The number of carbonyl (C=O) groups is 3. The van der Waals surface area contributed by atoms with E-state index in [1.54, 1.807) is 49.7 Å². The fraction of sp³-hybridized carbons (Fsp3) is 0.167. The van der Waals surface area contributed by atoms with Crippen molar-refractivity contribution in [1.29, 1.82) is 0 Å². The molecule has 5 rings (SSSR count). The van der Waals surface area contributed by atoms with Crippen LogP contribution in [-0.4, -0.2) is 54.6 Å². The maximum atomic E-state index is 12.9. The van der Waals surface area contributed by atoms with Crippen molar-refractivity contribution in [3.8, 4) is 23.0 Å². The normalized spacial score (nSPS) is 13.9. The summed E-state index contributed by atoms with van der Waals surface area (Å²) in [7, 11) is 3.07. The van der Waals surface area contributed by atoms with E-state index in [1.165, 1.54) is 13.2 Å². The highest BCUT2D eigenvalue weighted by Gasteiger charge is 2.28. The van der Waals surface area contributed by atoms with E-state index in [0.29, 0.717) is 22.6 Å². The second kappa shape index (κ2) is 11.2. The first kappa shape index (κ1) is 26.4. The minimum atomic E-state index is -1.16. The molecule has 2 heterocycles. The minimum Gasteiger partial charge on any atom is -0.497 e. The van der Waals surface area contributed by atoms with Crippen molar-refractivity contribution in [2.24, 2.45) is 0 Å². The van der Waals surface area contributed by atoms with Crippen LogP contribution in [0, 0.1) is 0 Å². The first-order chi connectivity index (χ1) is 19.4. The Morgan fingerprint density at radius 1 is 1.05 bits per heavy atom. The molecule has 0 bridgehead atoms. The Bertz CT molecular complexity index is 1640. The standard InChI is InChI=1S/C30H26N2O8/c1-37-19-8-7-17(25(13-19)38-2)12-27-29(34)22-10-9-20(14-26(22)40-27)39-16-28(33)32-24(30(35)36)11-18-15-31-23-6-4-3-5-21(18)23/h3-10,12-15,24,31H,11,16H2,1-2H3,(H,32,33)(H,35,36)/t24-/m1/s1. The largest absolute Gasteiger partial charge is 0.497 e. The fourth-order valence-electron chi connectivity index (χ4n) is 4.44. The summed E-state index contributed by atoms with van der Waals surface area (Å²) in [5.74, 6) is -0.266. The number of carboxylic acid groups (broad SMARTS) is 1. The van der Waals surface area contributed by atoms with Crippen LogP contribution < -0.4 is 24.3 Å². The summed E-state index contributed by atoms with van der Waals surface area (Å²) in [5.41, 5.74) is 2.64. The van der Waals surface area contributed by atoms with E-state index in [9.17, 15) is 19.5 Å². The molecule has 3 N–H and O–H groups in total. The predicted molar refractivity (Wildman–Crippen MR) is 146 cm³/mol. The number of H-pyrrole nitrogens is 1. The smallest absolute Gasteiger partial charge is 0.326 e. The number of hydrogen-bond acceptors (Lipinski definition) is 7. The molecule has 1 atom stereocenters. The summed E-state index contributed by atoms with van der Waals surface area (Å²) in [4.78, 5) is 40.4. The number of fused-ring (bicyclic) bond motifs is 2. The number of ketones is 1. The first-order valence-corrected chi connectivity index (χ1v) is 12.4. The van der Waals surface area contributed by atoms with Crippen molar-refractivity contribution >= 4 is 34.6 Å². The van der Waals surface area contributed by atoms with Gasteiger partial charge in [0.25, 0.3) is 5.91 Å².